The molecule has 0 aliphatic rings. The van der Waals surface area contributed by atoms with Gasteiger partial charge in [-0.15, -0.1) is 0 Å². The number of rotatable bonds is 3. The van der Waals surface area contributed by atoms with Crippen molar-refractivity contribution >= 4 is 17.7 Å². The van der Waals surface area contributed by atoms with Gasteiger partial charge in [0.25, 0.3) is 0 Å². The summed E-state index contributed by atoms with van der Waals surface area (Å²) in [5.41, 5.74) is 1.26. The monoisotopic (exact) mass is 190 g/mol. The second kappa shape index (κ2) is 4.94. The molecule has 0 unspecified atom stereocenters. The highest BCUT2D eigenvalue weighted by Crippen LogP contribution is 2.18. The third kappa shape index (κ3) is 2.84. The van der Waals surface area contributed by atoms with Gasteiger partial charge in [-0.1, -0.05) is 18.2 Å². The fourth-order valence-corrected chi connectivity index (χ4v) is 1.04. The molecule has 0 heterocycles. The summed E-state index contributed by atoms with van der Waals surface area (Å²) in [6.07, 6.45) is -0.0366. The van der Waals surface area contributed by atoms with Crippen LogP contribution in [-0.2, 0) is 11.2 Å². The molecule has 0 amide bonds. The molecule has 0 fully saturated rings. The number of carbonyl (C=O) groups is 1. The number of hydrogen-bond donors (Lipinski definition) is 1. The molecule has 1 aromatic rings. The fourth-order valence-electron chi connectivity index (χ4n) is 1.04. The second-order valence-corrected chi connectivity index (χ2v) is 2.63. The number of hydrogen-bond acceptors (Lipinski definition) is 3. The lowest BCUT2D eigenvalue weighted by Crippen LogP contribution is -1.99. The molecule has 4 heteroatoms. The van der Waals surface area contributed by atoms with Crippen molar-refractivity contribution in [2.75, 3.05) is 7.05 Å². The number of benzene rings is 1. The first kappa shape index (κ1) is 10.2. The Bertz CT molecular complexity index is 393. The van der Waals surface area contributed by atoms with Crippen molar-refractivity contribution in [3.63, 3.8) is 0 Å². The summed E-state index contributed by atoms with van der Waals surface area (Å²) in [5.74, 6) is -0.874. The highest BCUT2D eigenvalue weighted by molar-refractivity contribution is 5.73. The largest absolute Gasteiger partial charge is 0.481 e. The van der Waals surface area contributed by atoms with Crippen LogP contribution in [0.4, 0.5) is 5.69 Å². The highest BCUT2D eigenvalue weighted by atomic mass is 16.4. The first-order chi connectivity index (χ1) is 6.74. The zero-order valence-corrected chi connectivity index (χ0v) is 7.77. The Morgan fingerprint density at radius 1 is 1.50 bits per heavy atom. The van der Waals surface area contributed by atoms with Crippen LogP contribution in [0.15, 0.2) is 34.3 Å². The van der Waals surface area contributed by atoms with E-state index in [0.717, 1.165) is 0 Å². The van der Waals surface area contributed by atoms with Gasteiger partial charge < -0.3 is 5.11 Å². The summed E-state index contributed by atoms with van der Waals surface area (Å²) in [6, 6.07) is 9.47. The Hall–Kier alpha value is -1.93. The van der Waals surface area contributed by atoms with Crippen LogP contribution in [-0.4, -0.2) is 24.1 Å². The number of para-hydroxylation sites is 1. The average molecular weight is 190 g/mol. The van der Waals surface area contributed by atoms with E-state index in [1.807, 2.05) is 0 Å². The van der Waals surface area contributed by atoms with Gasteiger partial charge in [0, 0.05) is 7.05 Å². The Balaban J connectivity index is 3.02. The quantitative estimate of drug-likeness (QED) is 0.738. The number of aliphatic carboxylic acids is 1. The van der Waals surface area contributed by atoms with Crippen LogP contribution >= 0.6 is 0 Å². The maximum atomic E-state index is 10.5. The minimum Gasteiger partial charge on any atom is -0.481 e. The van der Waals surface area contributed by atoms with Gasteiger partial charge in [0.2, 0.25) is 0 Å². The van der Waals surface area contributed by atoms with Gasteiger partial charge in [-0.25, -0.2) is 4.99 Å². The Labute approximate surface area is 81.6 Å². The summed E-state index contributed by atoms with van der Waals surface area (Å²) in [6.45, 7) is 0. The van der Waals surface area contributed by atoms with E-state index in [1.54, 1.807) is 31.3 Å². The molecule has 1 rings (SSSR count). The molecule has 1 aromatic carbocycles. The second-order valence-electron chi connectivity index (χ2n) is 2.63. The lowest BCUT2D eigenvalue weighted by Gasteiger charge is -1.99. The Morgan fingerprint density at radius 2 is 2.21 bits per heavy atom. The van der Waals surface area contributed by atoms with Crippen LogP contribution in [0.5, 0.6) is 0 Å². The maximum absolute atomic E-state index is 10.5. The zero-order chi connectivity index (χ0) is 10.4. The number of carboxylic acid groups (broad SMARTS) is 1. The summed E-state index contributed by atoms with van der Waals surface area (Å²) in [7, 11) is 1.56. The number of nitrogens with zero attached hydrogens (tertiary/aromatic N) is 2. The van der Waals surface area contributed by atoms with Crippen LogP contribution in [0.3, 0.4) is 0 Å². The van der Waals surface area contributed by atoms with Crippen LogP contribution in [0.2, 0.25) is 0 Å². The molecule has 1 N–H and O–H groups in total. The van der Waals surface area contributed by atoms with Crippen molar-refractivity contribution in [2.45, 2.75) is 6.42 Å². The van der Waals surface area contributed by atoms with E-state index in [2.05, 4.69) is 16.0 Å². The summed E-state index contributed by atoms with van der Waals surface area (Å²) >= 11 is 0. The Kier molecular flexibility index (Phi) is 3.58. The van der Waals surface area contributed by atoms with Crippen molar-refractivity contribution < 1.29 is 9.90 Å². The van der Waals surface area contributed by atoms with Crippen molar-refractivity contribution in [2.24, 2.45) is 9.98 Å². The van der Waals surface area contributed by atoms with E-state index in [9.17, 15) is 4.79 Å². The van der Waals surface area contributed by atoms with Crippen molar-refractivity contribution in [1.29, 1.82) is 0 Å². The molecule has 0 aliphatic carbocycles. The lowest BCUT2D eigenvalue weighted by atomic mass is 10.1. The summed E-state index contributed by atoms with van der Waals surface area (Å²) in [5, 5.41) is 8.63. The van der Waals surface area contributed by atoms with Gasteiger partial charge in [0.1, 0.15) is 0 Å². The lowest BCUT2D eigenvalue weighted by molar-refractivity contribution is -0.136. The van der Waals surface area contributed by atoms with Gasteiger partial charge in [-0.05, 0) is 11.6 Å². The van der Waals surface area contributed by atoms with E-state index >= 15 is 0 Å². The van der Waals surface area contributed by atoms with Crippen LogP contribution in [0, 0.1) is 0 Å². The van der Waals surface area contributed by atoms with Crippen LogP contribution in [0.1, 0.15) is 5.56 Å². The molecule has 0 aromatic heterocycles. The SMILES string of the molecule is CN=C=Nc1ccccc1CC(=O)O. The molecule has 0 bridgehead atoms. The van der Waals surface area contributed by atoms with Gasteiger partial charge in [0.15, 0.2) is 0 Å². The topological polar surface area (TPSA) is 62.0 Å². The molecule has 0 atom stereocenters. The molecule has 14 heavy (non-hydrogen) atoms. The third-order valence-electron chi connectivity index (χ3n) is 1.60. The summed E-state index contributed by atoms with van der Waals surface area (Å²) < 4.78 is 0. The van der Waals surface area contributed by atoms with Gasteiger partial charge in [0.05, 0.1) is 18.1 Å². The molecule has 4 nitrogen and oxygen atoms in total. The third-order valence-corrected chi connectivity index (χ3v) is 1.60. The molecule has 0 saturated heterocycles. The smallest absolute Gasteiger partial charge is 0.307 e. The molecule has 0 spiro atoms. The standard InChI is InChI=1S/C10H10N2O2/c1-11-7-12-9-5-3-2-4-8(9)6-10(13)14/h2-5H,6H2,1H3,(H,13,14). The van der Waals surface area contributed by atoms with Crippen LogP contribution < -0.4 is 0 Å². The van der Waals surface area contributed by atoms with Gasteiger partial charge in [-0.2, -0.15) is 4.99 Å². The fraction of sp³-hybridized carbons (Fsp3) is 0.200. The first-order valence-electron chi connectivity index (χ1n) is 4.08. The minimum atomic E-state index is -0.874. The number of aliphatic imine (C=N–C) groups is 2. The molecular formula is C10H10N2O2. The minimum absolute atomic E-state index is 0.0366. The van der Waals surface area contributed by atoms with E-state index in [4.69, 9.17) is 5.11 Å². The van der Waals surface area contributed by atoms with E-state index in [-0.39, 0.29) is 6.42 Å². The van der Waals surface area contributed by atoms with E-state index < -0.39 is 5.97 Å². The van der Waals surface area contributed by atoms with Gasteiger partial charge in [-0.3, -0.25) is 4.79 Å². The first-order valence-corrected chi connectivity index (χ1v) is 4.08. The van der Waals surface area contributed by atoms with Crippen molar-refractivity contribution in [1.82, 2.24) is 0 Å². The predicted molar refractivity (Wildman–Crippen MR) is 53.2 cm³/mol. The predicted octanol–water partition coefficient (Wildman–Crippen LogP) is 1.75. The maximum Gasteiger partial charge on any atom is 0.307 e. The van der Waals surface area contributed by atoms with Gasteiger partial charge >= 0.3 is 5.97 Å². The van der Waals surface area contributed by atoms with Crippen molar-refractivity contribution in [3.8, 4) is 0 Å². The molecular weight excluding hydrogens is 180 g/mol. The normalized spacial score (nSPS) is 8.93. The summed E-state index contributed by atoms with van der Waals surface area (Å²) in [4.78, 5) is 18.0. The highest BCUT2D eigenvalue weighted by Gasteiger charge is 2.04. The molecule has 72 valence electrons. The molecule has 0 saturated carbocycles. The average Bonchev–Trinajstić information content (AvgIpc) is 2.16. The number of carboxylic acids is 1. The molecule has 0 aliphatic heterocycles. The van der Waals surface area contributed by atoms with E-state index in [1.165, 1.54) is 0 Å². The Morgan fingerprint density at radius 3 is 2.86 bits per heavy atom. The zero-order valence-electron chi connectivity index (χ0n) is 7.77. The van der Waals surface area contributed by atoms with E-state index in [0.29, 0.717) is 11.3 Å². The van der Waals surface area contributed by atoms with Crippen LogP contribution in [0.25, 0.3) is 0 Å². The van der Waals surface area contributed by atoms with Crippen molar-refractivity contribution in [3.05, 3.63) is 29.8 Å². The molecule has 0 radical (unpaired) electrons.